The zero-order valence-electron chi connectivity index (χ0n) is 20.5. The van der Waals surface area contributed by atoms with Gasteiger partial charge in [-0.3, -0.25) is 49.8 Å². The van der Waals surface area contributed by atoms with Crippen molar-refractivity contribution < 1.29 is 47.1 Å². The van der Waals surface area contributed by atoms with E-state index in [4.69, 9.17) is 0 Å². The van der Waals surface area contributed by atoms with Crippen LogP contribution in [0.25, 0.3) is 0 Å². The maximum absolute atomic E-state index is 11.4. The molecule has 4 rings (SSSR count). The van der Waals surface area contributed by atoms with Gasteiger partial charge in [-0.2, -0.15) is 0 Å². The SMILES string of the molecule is O=c1[nH]c(O)c(N=Nc2ccc([N+](=O)[O-])cc2O)c(=O)[nH]1.O=c1[nH]c(O)c(N=Nc2ccc([N+](=O)[O-])cc2O)c(=O)[nH]1.[Co]. The molecule has 23 heteroatoms. The summed E-state index contributed by atoms with van der Waals surface area (Å²) in [6.45, 7) is 0. The van der Waals surface area contributed by atoms with Crippen molar-refractivity contribution >= 4 is 34.1 Å². The first kappa shape index (κ1) is 32.7. The first-order valence-electron chi connectivity index (χ1n) is 10.7. The Bertz CT molecular complexity index is 1850. The van der Waals surface area contributed by atoms with E-state index in [-0.39, 0.29) is 39.5 Å². The number of azo groups is 2. The van der Waals surface area contributed by atoms with Gasteiger partial charge in [-0.15, -0.1) is 20.5 Å². The van der Waals surface area contributed by atoms with Crippen molar-refractivity contribution in [2.45, 2.75) is 0 Å². The molecule has 0 saturated carbocycles. The van der Waals surface area contributed by atoms with E-state index in [1.807, 2.05) is 19.9 Å². The smallest absolute Gasteiger partial charge is 0.328 e. The fraction of sp³-hybridized carbons (Fsp3) is 0. The third-order valence-corrected chi connectivity index (χ3v) is 4.65. The van der Waals surface area contributed by atoms with Gasteiger partial charge < -0.3 is 20.4 Å². The van der Waals surface area contributed by atoms with E-state index in [0.717, 1.165) is 36.4 Å². The Hall–Kier alpha value is -6.49. The molecule has 1 radical (unpaired) electrons. The summed E-state index contributed by atoms with van der Waals surface area (Å²) in [6.07, 6.45) is 0. The van der Waals surface area contributed by atoms with Crippen molar-refractivity contribution in [2.75, 3.05) is 0 Å². The summed E-state index contributed by atoms with van der Waals surface area (Å²) in [4.78, 5) is 71.4. The van der Waals surface area contributed by atoms with Crippen LogP contribution in [0.3, 0.4) is 0 Å². The zero-order chi connectivity index (χ0) is 31.1. The van der Waals surface area contributed by atoms with Gasteiger partial charge in [0.25, 0.3) is 22.5 Å². The summed E-state index contributed by atoms with van der Waals surface area (Å²) in [5.41, 5.74) is -5.99. The number of benzene rings is 2. The predicted octanol–water partition coefficient (Wildman–Crippen LogP) is 1.59. The number of nitrogens with zero attached hydrogens (tertiary/aromatic N) is 6. The molecule has 0 saturated heterocycles. The van der Waals surface area contributed by atoms with Crippen molar-refractivity contribution in [3.8, 4) is 23.3 Å². The van der Waals surface area contributed by atoms with E-state index < -0.39 is 67.0 Å². The molecule has 2 heterocycles. The van der Waals surface area contributed by atoms with E-state index in [2.05, 4.69) is 20.5 Å². The molecule has 2 aromatic carbocycles. The minimum atomic E-state index is -0.985. The standard InChI is InChI=1S/2C10H7N5O6.Co/c2*16-6-3-4(15(20)21)1-2-5(6)13-14-7-8(17)11-10(19)12-9(7)18;/h2*1-3,16H,(H3,11,12,17,18,19);. The Morgan fingerprint density at radius 2 is 0.930 bits per heavy atom. The molecule has 4 aromatic rings. The number of aromatic hydroxyl groups is 4. The van der Waals surface area contributed by atoms with Crippen LogP contribution in [-0.2, 0) is 16.8 Å². The zero-order valence-corrected chi connectivity index (χ0v) is 21.6. The summed E-state index contributed by atoms with van der Waals surface area (Å²) >= 11 is 0. The number of aromatic nitrogens is 4. The van der Waals surface area contributed by atoms with Crippen molar-refractivity contribution in [1.29, 1.82) is 0 Å². The minimum Gasteiger partial charge on any atom is -0.505 e. The summed E-state index contributed by atoms with van der Waals surface area (Å²) in [5, 5.41) is 72.5. The molecule has 22 nitrogen and oxygen atoms in total. The van der Waals surface area contributed by atoms with Crippen LogP contribution in [0, 0.1) is 20.2 Å². The normalized spacial score (nSPS) is 10.6. The fourth-order valence-electron chi connectivity index (χ4n) is 2.75. The summed E-state index contributed by atoms with van der Waals surface area (Å²) < 4.78 is 0. The number of non-ortho nitro benzene ring substituents is 2. The van der Waals surface area contributed by atoms with Crippen LogP contribution in [0.5, 0.6) is 23.3 Å². The molecule has 2 aromatic heterocycles. The molecule has 0 fully saturated rings. The largest absolute Gasteiger partial charge is 0.505 e. The molecule has 0 aliphatic heterocycles. The monoisotopic (exact) mass is 645 g/mol. The molecule has 0 aliphatic rings. The quantitative estimate of drug-likeness (QED) is 0.0842. The van der Waals surface area contributed by atoms with E-state index in [1.54, 1.807) is 0 Å². The van der Waals surface area contributed by atoms with Gasteiger partial charge >= 0.3 is 11.4 Å². The molecule has 0 aliphatic carbocycles. The number of hydrogen-bond acceptors (Lipinski definition) is 16. The molecule has 0 unspecified atom stereocenters. The summed E-state index contributed by atoms with van der Waals surface area (Å²) in [5.74, 6) is -2.66. The Labute approximate surface area is 243 Å². The fourth-order valence-corrected chi connectivity index (χ4v) is 2.75. The second kappa shape index (κ2) is 13.7. The van der Waals surface area contributed by atoms with Crippen LogP contribution in [0.1, 0.15) is 0 Å². The van der Waals surface area contributed by atoms with Crippen molar-refractivity contribution in [3.63, 3.8) is 0 Å². The maximum Gasteiger partial charge on any atom is 0.328 e. The number of H-pyrrole nitrogens is 4. The third kappa shape index (κ3) is 8.25. The average Bonchev–Trinajstić information content (AvgIpc) is 2.89. The third-order valence-electron chi connectivity index (χ3n) is 4.65. The molecule has 8 N–H and O–H groups in total. The molecule has 225 valence electrons. The minimum absolute atomic E-state index is 0. The Morgan fingerprint density at radius 1 is 0.581 bits per heavy atom. The van der Waals surface area contributed by atoms with Crippen molar-refractivity contribution in [3.05, 3.63) is 98.3 Å². The first-order chi connectivity index (χ1) is 19.8. The number of aromatic amines is 4. The van der Waals surface area contributed by atoms with Gasteiger partial charge in [0.1, 0.15) is 22.9 Å². The van der Waals surface area contributed by atoms with Crippen LogP contribution in [0.15, 0.2) is 76.0 Å². The van der Waals surface area contributed by atoms with Crippen LogP contribution >= 0.6 is 0 Å². The average molecular weight is 645 g/mol. The van der Waals surface area contributed by atoms with Gasteiger partial charge in [0.15, 0.2) is 0 Å². The topological polar surface area (TPSA) is 348 Å². The summed E-state index contributed by atoms with van der Waals surface area (Å²) in [6, 6.07) is 6.06. The van der Waals surface area contributed by atoms with Crippen LogP contribution < -0.4 is 22.5 Å². The number of nitrogens with one attached hydrogen (secondary N) is 4. The second-order valence-corrected chi connectivity index (χ2v) is 7.47. The van der Waals surface area contributed by atoms with E-state index in [0.29, 0.717) is 0 Å². The Kier molecular flexibility index (Phi) is 10.4. The number of phenolic OH excluding ortho intramolecular Hbond substituents is 2. The second-order valence-electron chi connectivity index (χ2n) is 7.47. The molecule has 0 bridgehead atoms. The molecule has 0 spiro atoms. The van der Waals surface area contributed by atoms with Crippen LogP contribution in [0.4, 0.5) is 34.1 Å². The number of phenols is 2. The van der Waals surface area contributed by atoms with E-state index >= 15 is 0 Å². The van der Waals surface area contributed by atoms with Crippen LogP contribution in [0.2, 0.25) is 0 Å². The number of rotatable bonds is 6. The maximum atomic E-state index is 11.4. The van der Waals surface area contributed by atoms with Crippen molar-refractivity contribution in [2.24, 2.45) is 20.5 Å². The van der Waals surface area contributed by atoms with E-state index in [1.165, 1.54) is 0 Å². The number of hydrogen-bond donors (Lipinski definition) is 8. The molecular formula is C20H14CoN10O12. The molecule has 0 atom stereocenters. The Balaban J connectivity index is 0.000000293. The van der Waals surface area contributed by atoms with Gasteiger partial charge in [-0.25, -0.2) is 9.59 Å². The number of nitro benzene ring substituents is 2. The molecule has 0 amide bonds. The summed E-state index contributed by atoms with van der Waals surface area (Å²) in [7, 11) is 0. The van der Waals surface area contributed by atoms with Crippen molar-refractivity contribution in [1.82, 2.24) is 19.9 Å². The van der Waals surface area contributed by atoms with Crippen LogP contribution in [-0.4, -0.2) is 50.2 Å². The van der Waals surface area contributed by atoms with Gasteiger partial charge in [0.2, 0.25) is 23.1 Å². The molecule has 43 heavy (non-hydrogen) atoms. The molecular weight excluding hydrogens is 631 g/mol. The Morgan fingerprint density at radius 3 is 1.21 bits per heavy atom. The van der Waals surface area contributed by atoms with E-state index in [9.17, 15) is 59.8 Å². The first-order valence-corrected chi connectivity index (χ1v) is 10.7. The van der Waals surface area contributed by atoms with Gasteiger partial charge in [0.05, 0.1) is 22.0 Å². The van der Waals surface area contributed by atoms with Gasteiger partial charge in [-0.05, 0) is 12.1 Å². The van der Waals surface area contributed by atoms with Gasteiger partial charge in [0, 0.05) is 28.9 Å². The predicted molar refractivity (Wildman–Crippen MR) is 137 cm³/mol. The number of nitro groups is 2. The van der Waals surface area contributed by atoms with Gasteiger partial charge in [-0.1, -0.05) is 0 Å².